The van der Waals surface area contributed by atoms with E-state index in [1.807, 2.05) is 18.2 Å². The van der Waals surface area contributed by atoms with Crippen molar-refractivity contribution in [2.24, 2.45) is 0 Å². The summed E-state index contributed by atoms with van der Waals surface area (Å²) in [6, 6.07) is 50.8. The Morgan fingerprint density at radius 3 is 1.88 bits per heavy atom. The predicted octanol–water partition coefficient (Wildman–Crippen LogP) is 12.3. The molecule has 10 aromatic rings. The van der Waals surface area contributed by atoms with Crippen LogP contribution in [-0.4, -0.2) is 0 Å². The van der Waals surface area contributed by atoms with E-state index in [9.17, 15) is 0 Å². The largest absolute Gasteiger partial charge is 0.456 e. The fraction of sp³-hybridized carbons (Fsp3) is 0.0233. The highest BCUT2D eigenvalue weighted by atomic mass is 16.3. The summed E-state index contributed by atoms with van der Waals surface area (Å²) in [4.78, 5) is 2.35. The Bertz CT molecular complexity index is 2890. The maximum absolute atomic E-state index is 6.59. The number of furan rings is 3. The summed E-state index contributed by atoms with van der Waals surface area (Å²) in [6.07, 6.45) is -0.0195. The fourth-order valence-corrected chi connectivity index (χ4v) is 7.58. The molecule has 7 aromatic carbocycles. The molecule has 5 heteroatoms. The lowest BCUT2D eigenvalue weighted by atomic mass is 10.0. The average Bonchev–Trinajstić information content (AvgIpc) is 3.89. The summed E-state index contributed by atoms with van der Waals surface area (Å²) in [5, 5.41) is 10.2. The molecular formula is C43H26N2O3. The maximum atomic E-state index is 6.59. The smallest absolute Gasteiger partial charge is 0.137 e. The quantitative estimate of drug-likeness (QED) is 0.213. The molecule has 0 saturated heterocycles. The highest BCUT2D eigenvalue weighted by Gasteiger charge is 2.31. The molecular weight excluding hydrogens is 592 g/mol. The zero-order valence-corrected chi connectivity index (χ0v) is 25.6. The molecule has 1 aliphatic heterocycles. The molecule has 3 aromatic heterocycles. The molecule has 0 amide bonds. The van der Waals surface area contributed by atoms with E-state index in [0.717, 1.165) is 94.0 Å². The highest BCUT2D eigenvalue weighted by molar-refractivity contribution is 6.15. The van der Waals surface area contributed by atoms with Crippen LogP contribution < -0.4 is 10.2 Å². The average molecular weight is 619 g/mol. The first-order valence-corrected chi connectivity index (χ1v) is 16.2. The second-order valence-electron chi connectivity index (χ2n) is 12.6. The van der Waals surface area contributed by atoms with E-state index in [1.54, 1.807) is 0 Å². The van der Waals surface area contributed by atoms with Gasteiger partial charge in [0.1, 0.15) is 39.7 Å². The monoisotopic (exact) mass is 618 g/mol. The molecule has 1 unspecified atom stereocenters. The minimum atomic E-state index is -0.0195. The van der Waals surface area contributed by atoms with E-state index in [0.29, 0.717) is 0 Å². The standard InChI is InChI=1S/C43H26N2O3/c1-2-8-25(9-3-1)43-44-35-11-5-6-12-36(35)45(43)28-16-18-31-30-17-14-27(21-39(30)48-40(31)22-28)26-15-19-38-32(20-26)34-24-41-33(23-42(34)47-38)29-10-4-7-13-37(29)46-41/h1-24,43-44H. The summed E-state index contributed by atoms with van der Waals surface area (Å²) in [7, 11) is 0. The Morgan fingerprint density at radius 2 is 1.00 bits per heavy atom. The summed E-state index contributed by atoms with van der Waals surface area (Å²) in [5.41, 5.74) is 11.9. The van der Waals surface area contributed by atoms with Gasteiger partial charge in [0, 0.05) is 44.1 Å². The summed E-state index contributed by atoms with van der Waals surface area (Å²) in [5.74, 6) is 0. The fourth-order valence-electron chi connectivity index (χ4n) is 7.58. The van der Waals surface area contributed by atoms with Gasteiger partial charge < -0.3 is 23.5 Å². The molecule has 5 nitrogen and oxygen atoms in total. The normalized spacial score (nSPS) is 14.6. The van der Waals surface area contributed by atoms with Gasteiger partial charge in [-0.15, -0.1) is 0 Å². The molecule has 0 spiro atoms. The molecule has 0 aliphatic carbocycles. The molecule has 0 fully saturated rings. The maximum Gasteiger partial charge on any atom is 0.137 e. The number of para-hydroxylation sites is 3. The minimum Gasteiger partial charge on any atom is -0.456 e. The van der Waals surface area contributed by atoms with E-state index in [2.05, 4.69) is 138 Å². The molecule has 0 saturated carbocycles. The van der Waals surface area contributed by atoms with Gasteiger partial charge in [-0.05, 0) is 83.4 Å². The van der Waals surface area contributed by atoms with Crippen molar-refractivity contribution in [1.82, 2.24) is 0 Å². The highest BCUT2D eigenvalue weighted by Crippen LogP contribution is 2.47. The predicted molar refractivity (Wildman–Crippen MR) is 195 cm³/mol. The van der Waals surface area contributed by atoms with Crippen LogP contribution in [-0.2, 0) is 0 Å². The SMILES string of the molecule is c1ccc(C2Nc3ccccc3N2c2ccc3c(c2)oc2cc(-c4ccc5oc6cc7c(cc6c5c4)oc4ccccc47)ccc23)cc1. The molecule has 1 N–H and O–H groups in total. The van der Waals surface area contributed by atoms with Gasteiger partial charge in [0.25, 0.3) is 0 Å². The van der Waals surface area contributed by atoms with Gasteiger partial charge in [-0.3, -0.25) is 0 Å². The van der Waals surface area contributed by atoms with Crippen LogP contribution in [0.2, 0.25) is 0 Å². The van der Waals surface area contributed by atoms with E-state index in [-0.39, 0.29) is 6.17 Å². The Balaban J connectivity index is 1.01. The molecule has 0 bridgehead atoms. The van der Waals surface area contributed by atoms with Crippen molar-refractivity contribution in [3.8, 4) is 11.1 Å². The van der Waals surface area contributed by atoms with Crippen LogP contribution in [0.3, 0.4) is 0 Å². The summed E-state index contributed by atoms with van der Waals surface area (Å²) < 4.78 is 19.1. The number of nitrogens with zero attached hydrogens (tertiary/aromatic N) is 1. The number of benzene rings is 7. The zero-order chi connectivity index (χ0) is 31.3. The van der Waals surface area contributed by atoms with Crippen LogP contribution in [0.5, 0.6) is 0 Å². The van der Waals surface area contributed by atoms with Crippen LogP contribution in [0, 0.1) is 0 Å². The van der Waals surface area contributed by atoms with Crippen LogP contribution in [0.4, 0.5) is 17.1 Å². The van der Waals surface area contributed by atoms with Crippen molar-refractivity contribution in [2.45, 2.75) is 6.17 Å². The number of rotatable bonds is 3. The number of nitrogens with one attached hydrogen (secondary N) is 1. The number of anilines is 3. The van der Waals surface area contributed by atoms with Crippen molar-refractivity contribution < 1.29 is 13.3 Å². The Kier molecular flexibility index (Phi) is 5.10. The third kappa shape index (κ3) is 3.67. The Morgan fingerprint density at radius 1 is 0.417 bits per heavy atom. The van der Waals surface area contributed by atoms with Gasteiger partial charge in [-0.25, -0.2) is 0 Å². The van der Waals surface area contributed by atoms with Crippen LogP contribution in [0.1, 0.15) is 11.7 Å². The zero-order valence-electron chi connectivity index (χ0n) is 25.6. The van der Waals surface area contributed by atoms with Crippen molar-refractivity contribution in [3.63, 3.8) is 0 Å². The number of fused-ring (bicyclic) bond motifs is 10. The van der Waals surface area contributed by atoms with E-state index in [4.69, 9.17) is 13.3 Å². The van der Waals surface area contributed by atoms with Crippen molar-refractivity contribution in [3.05, 3.63) is 151 Å². The lowest BCUT2D eigenvalue weighted by Gasteiger charge is -2.27. The van der Waals surface area contributed by atoms with Crippen LogP contribution in [0.15, 0.2) is 159 Å². The molecule has 0 radical (unpaired) electrons. The first-order valence-electron chi connectivity index (χ1n) is 16.2. The molecule has 4 heterocycles. The Hall–Kier alpha value is -6.46. The number of hydrogen-bond acceptors (Lipinski definition) is 5. The van der Waals surface area contributed by atoms with Crippen molar-refractivity contribution in [1.29, 1.82) is 0 Å². The van der Waals surface area contributed by atoms with Gasteiger partial charge in [0.15, 0.2) is 0 Å². The summed E-state index contributed by atoms with van der Waals surface area (Å²) >= 11 is 0. The first-order chi connectivity index (χ1) is 23.7. The van der Waals surface area contributed by atoms with Gasteiger partial charge in [0.05, 0.1) is 11.4 Å². The van der Waals surface area contributed by atoms with E-state index < -0.39 is 0 Å². The first kappa shape index (κ1) is 25.7. The lowest BCUT2D eigenvalue weighted by molar-refractivity contribution is 0.664. The minimum absolute atomic E-state index is 0.0195. The lowest BCUT2D eigenvalue weighted by Crippen LogP contribution is -2.23. The van der Waals surface area contributed by atoms with Gasteiger partial charge >= 0.3 is 0 Å². The third-order valence-electron chi connectivity index (χ3n) is 9.87. The summed E-state index contributed by atoms with van der Waals surface area (Å²) in [6.45, 7) is 0. The molecule has 1 atom stereocenters. The van der Waals surface area contributed by atoms with Gasteiger partial charge in [0.2, 0.25) is 0 Å². The number of hydrogen-bond donors (Lipinski definition) is 1. The molecule has 48 heavy (non-hydrogen) atoms. The van der Waals surface area contributed by atoms with E-state index in [1.165, 1.54) is 5.56 Å². The molecule has 226 valence electrons. The van der Waals surface area contributed by atoms with Crippen molar-refractivity contribution >= 4 is 82.9 Å². The second kappa shape index (κ2) is 9.53. The van der Waals surface area contributed by atoms with Crippen LogP contribution >= 0.6 is 0 Å². The van der Waals surface area contributed by atoms with Gasteiger partial charge in [-0.1, -0.05) is 72.8 Å². The van der Waals surface area contributed by atoms with E-state index >= 15 is 0 Å². The van der Waals surface area contributed by atoms with Gasteiger partial charge in [-0.2, -0.15) is 0 Å². The van der Waals surface area contributed by atoms with Crippen LogP contribution in [0.25, 0.3) is 76.9 Å². The Labute approximate surface area is 274 Å². The second-order valence-corrected chi connectivity index (χ2v) is 12.6. The third-order valence-corrected chi connectivity index (χ3v) is 9.87. The molecule has 11 rings (SSSR count). The molecule has 1 aliphatic rings. The van der Waals surface area contributed by atoms with Crippen molar-refractivity contribution in [2.75, 3.05) is 10.2 Å². The topological polar surface area (TPSA) is 54.7 Å².